The van der Waals surface area contributed by atoms with Crippen LogP contribution in [0.3, 0.4) is 0 Å². The van der Waals surface area contributed by atoms with E-state index in [0.29, 0.717) is 0 Å². The third kappa shape index (κ3) is 2.59. The van der Waals surface area contributed by atoms with Gasteiger partial charge in [0.1, 0.15) is 0 Å². The minimum atomic E-state index is -0.193. The molecule has 106 valence electrons. The minimum Gasteiger partial charge on any atom is -0.320 e. The number of nitrogens with two attached hydrogens (primary N) is 1. The predicted molar refractivity (Wildman–Crippen MR) is 93.9 cm³/mol. The Kier molecular flexibility index (Phi) is 4.03. The van der Waals surface area contributed by atoms with Gasteiger partial charge >= 0.3 is 0 Å². The van der Waals surface area contributed by atoms with Crippen LogP contribution < -0.4 is 5.73 Å². The summed E-state index contributed by atoms with van der Waals surface area (Å²) in [6, 6.07) is 18.0. The fourth-order valence-corrected chi connectivity index (χ4v) is 3.37. The van der Waals surface area contributed by atoms with Gasteiger partial charge in [-0.25, -0.2) is 0 Å². The third-order valence-electron chi connectivity index (χ3n) is 3.80. The Balaban J connectivity index is 2.21. The number of hydrogen-bond acceptors (Lipinski definition) is 1. The SMILES string of the molecule is Cc1cccc(C(N)c2ccc(Cl)c3ccccc23)c1Br. The molecule has 0 aliphatic carbocycles. The lowest BCUT2D eigenvalue weighted by molar-refractivity contribution is 0.872. The van der Waals surface area contributed by atoms with E-state index >= 15 is 0 Å². The summed E-state index contributed by atoms with van der Waals surface area (Å²) in [5.41, 5.74) is 9.88. The van der Waals surface area contributed by atoms with Gasteiger partial charge in [0.25, 0.3) is 0 Å². The van der Waals surface area contributed by atoms with E-state index in [9.17, 15) is 0 Å². The molecule has 0 heterocycles. The molecule has 0 aliphatic rings. The van der Waals surface area contributed by atoms with Crippen LogP contribution in [0.2, 0.25) is 5.02 Å². The normalized spacial score (nSPS) is 12.6. The molecule has 0 bridgehead atoms. The van der Waals surface area contributed by atoms with Crippen LogP contribution in [0.5, 0.6) is 0 Å². The zero-order valence-corrected chi connectivity index (χ0v) is 13.9. The maximum atomic E-state index is 6.53. The van der Waals surface area contributed by atoms with Crippen molar-refractivity contribution in [3.05, 3.63) is 80.8 Å². The third-order valence-corrected chi connectivity index (χ3v) is 5.21. The average molecular weight is 361 g/mol. The average Bonchev–Trinajstić information content (AvgIpc) is 2.50. The smallest absolute Gasteiger partial charge is 0.0569 e. The van der Waals surface area contributed by atoms with E-state index in [0.717, 1.165) is 31.4 Å². The first-order valence-electron chi connectivity index (χ1n) is 6.77. The molecule has 1 nitrogen and oxygen atoms in total. The van der Waals surface area contributed by atoms with E-state index < -0.39 is 0 Å². The van der Waals surface area contributed by atoms with E-state index in [2.05, 4.69) is 41.1 Å². The molecule has 0 amide bonds. The summed E-state index contributed by atoms with van der Waals surface area (Å²) < 4.78 is 1.07. The van der Waals surface area contributed by atoms with Gasteiger partial charge in [-0.2, -0.15) is 0 Å². The second kappa shape index (κ2) is 5.80. The number of fused-ring (bicyclic) bond motifs is 1. The van der Waals surface area contributed by atoms with Crippen molar-refractivity contribution in [3.63, 3.8) is 0 Å². The molecule has 2 N–H and O–H groups in total. The van der Waals surface area contributed by atoms with Crippen LogP contribution in [-0.2, 0) is 0 Å². The lowest BCUT2D eigenvalue weighted by Crippen LogP contribution is -2.13. The van der Waals surface area contributed by atoms with Crippen LogP contribution >= 0.6 is 27.5 Å². The van der Waals surface area contributed by atoms with Gasteiger partial charge in [0, 0.05) is 14.9 Å². The van der Waals surface area contributed by atoms with Crippen LogP contribution in [-0.4, -0.2) is 0 Å². The van der Waals surface area contributed by atoms with Crippen LogP contribution in [0.15, 0.2) is 59.1 Å². The van der Waals surface area contributed by atoms with E-state index in [4.69, 9.17) is 17.3 Å². The van der Waals surface area contributed by atoms with Crippen LogP contribution in [0.1, 0.15) is 22.7 Å². The van der Waals surface area contributed by atoms with Crippen molar-refractivity contribution >= 4 is 38.3 Å². The van der Waals surface area contributed by atoms with Crippen molar-refractivity contribution in [1.82, 2.24) is 0 Å². The van der Waals surface area contributed by atoms with Crippen LogP contribution in [0.25, 0.3) is 10.8 Å². The van der Waals surface area contributed by atoms with Gasteiger partial charge in [-0.1, -0.05) is 76.1 Å². The Bertz CT molecular complexity index is 813. The molecule has 0 saturated heterocycles. The Morgan fingerprint density at radius 3 is 2.38 bits per heavy atom. The zero-order chi connectivity index (χ0) is 15.0. The Hall–Kier alpha value is -1.35. The molecule has 3 heteroatoms. The Morgan fingerprint density at radius 1 is 0.905 bits per heavy atom. The molecule has 0 spiro atoms. The highest BCUT2D eigenvalue weighted by atomic mass is 79.9. The first-order chi connectivity index (χ1) is 10.1. The van der Waals surface area contributed by atoms with E-state index in [1.54, 1.807) is 0 Å². The monoisotopic (exact) mass is 359 g/mol. The van der Waals surface area contributed by atoms with E-state index in [1.807, 2.05) is 36.4 Å². The van der Waals surface area contributed by atoms with Gasteiger partial charge in [-0.05, 0) is 35.1 Å². The second-order valence-corrected chi connectivity index (χ2v) is 6.34. The molecule has 3 rings (SSSR count). The number of rotatable bonds is 2. The molecule has 0 aromatic heterocycles. The van der Waals surface area contributed by atoms with Gasteiger partial charge in [-0.3, -0.25) is 0 Å². The summed E-state index contributed by atoms with van der Waals surface area (Å²) >= 11 is 9.94. The number of hydrogen-bond donors (Lipinski definition) is 1. The molecule has 0 aliphatic heterocycles. The van der Waals surface area contributed by atoms with Gasteiger partial charge in [-0.15, -0.1) is 0 Å². The minimum absolute atomic E-state index is 0.193. The molecule has 0 saturated carbocycles. The molecule has 21 heavy (non-hydrogen) atoms. The van der Waals surface area contributed by atoms with Crippen LogP contribution in [0, 0.1) is 6.92 Å². The number of halogens is 2. The maximum absolute atomic E-state index is 6.53. The largest absolute Gasteiger partial charge is 0.320 e. The molecule has 3 aromatic rings. The second-order valence-electron chi connectivity index (χ2n) is 5.14. The summed E-state index contributed by atoms with van der Waals surface area (Å²) in [5.74, 6) is 0. The highest BCUT2D eigenvalue weighted by molar-refractivity contribution is 9.10. The maximum Gasteiger partial charge on any atom is 0.0569 e. The molecule has 0 radical (unpaired) electrons. The van der Waals surface area contributed by atoms with Crippen molar-refractivity contribution in [3.8, 4) is 0 Å². The Morgan fingerprint density at radius 2 is 1.62 bits per heavy atom. The molecule has 1 unspecified atom stereocenters. The molecule has 3 aromatic carbocycles. The fraction of sp³-hybridized carbons (Fsp3) is 0.111. The lowest BCUT2D eigenvalue weighted by Gasteiger charge is -2.18. The van der Waals surface area contributed by atoms with Crippen molar-refractivity contribution in [1.29, 1.82) is 0 Å². The molecular formula is C18H15BrClN. The lowest BCUT2D eigenvalue weighted by atomic mass is 9.93. The standard InChI is InChI=1S/C18H15BrClN/c1-11-5-4-8-15(17(11)19)18(21)14-9-10-16(20)13-7-3-2-6-12(13)14/h2-10,18H,21H2,1H3. The molecule has 0 fully saturated rings. The summed E-state index contributed by atoms with van der Waals surface area (Å²) in [4.78, 5) is 0. The van der Waals surface area contributed by atoms with Gasteiger partial charge in [0.05, 0.1) is 6.04 Å². The highest BCUT2D eigenvalue weighted by Crippen LogP contribution is 2.34. The Labute approximate surface area is 137 Å². The number of aryl methyl sites for hydroxylation is 1. The van der Waals surface area contributed by atoms with Crippen molar-refractivity contribution < 1.29 is 0 Å². The highest BCUT2D eigenvalue weighted by Gasteiger charge is 2.16. The fourth-order valence-electron chi connectivity index (χ4n) is 2.63. The zero-order valence-electron chi connectivity index (χ0n) is 11.6. The number of benzene rings is 3. The first-order valence-corrected chi connectivity index (χ1v) is 7.94. The summed E-state index contributed by atoms with van der Waals surface area (Å²) in [6.07, 6.45) is 0. The first kappa shape index (κ1) is 14.6. The summed E-state index contributed by atoms with van der Waals surface area (Å²) in [7, 11) is 0. The van der Waals surface area contributed by atoms with Gasteiger partial charge < -0.3 is 5.73 Å². The molecular weight excluding hydrogens is 346 g/mol. The van der Waals surface area contributed by atoms with Crippen molar-refractivity contribution in [2.24, 2.45) is 5.73 Å². The van der Waals surface area contributed by atoms with Gasteiger partial charge in [0.2, 0.25) is 0 Å². The molecule has 1 atom stereocenters. The van der Waals surface area contributed by atoms with Crippen molar-refractivity contribution in [2.45, 2.75) is 13.0 Å². The predicted octanol–water partition coefficient (Wildman–Crippen LogP) is 5.61. The van der Waals surface area contributed by atoms with E-state index in [1.165, 1.54) is 5.56 Å². The summed E-state index contributed by atoms with van der Waals surface area (Å²) in [6.45, 7) is 2.07. The van der Waals surface area contributed by atoms with Crippen LogP contribution in [0.4, 0.5) is 0 Å². The topological polar surface area (TPSA) is 26.0 Å². The summed E-state index contributed by atoms with van der Waals surface area (Å²) in [5, 5.41) is 2.90. The van der Waals surface area contributed by atoms with Crippen molar-refractivity contribution in [2.75, 3.05) is 0 Å². The van der Waals surface area contributed by atoms with E-state index in [-0.39, 0.29) is 6.04 Å². The van der Waals surface area contributed by atoms with Gasteiger partial charge in [0.15, 0.2) is 0 Å². The quantitative estimate of drug-likeness (QED) is 0.631.